The maximum absolute atomic E-state index is 13.8. The van der Waals surface area contributed by atoms with Crippen LogP contribution >= 0.6 is 0 Å². The fourth-order valence-electron chi connectivity index (χ4n) is 3.40. The molecule has 0 radical (unpaired) electrons. The van der Waals surface area contributed by atoms with E-state index >= 15 is 0 Å². The molecule has 1 heterocycles. The summed E-state index contributed by atoms with van der Waals surface area (Å²) in [5, 5.41) is 0. The van der Waals surface area contributed by atoms with Gasteiger partial charge in [-0.2, -0.15) is 0 Å². The van der Waals surface area contributed by atoms with E-state index in [2.05, 4.69) is 0 Å². The van der Waals surface area contributed by atoms with E-state index in [4.69, 9.17) is 9.47 Å². The number of benzene rings is 3. The minimum Gasteiger partial charge on any atom is -0.491 e. The smallest absolute Gasteiger partial charge is 0.269 e. The van der Waals surface area contributed by atoms with Crippen molar-refractivity contribution in [1.82, 2.24) is 0 Å². The van der Waals surface area contributed by atoms with Crippen LogP contribution in [0.4, 0.5) is 11.4 Å². The van der Waals surface area contributed by atoms with Gasteiger partial charge in [-0.3, -0.25) is 0 Å². The summed E-state index contributed by atoms with van der Waals surface area (Å²) >= 11 is 0. The zero-order valence-corrected chi connectivity index (χ0v) is 17.2. The summed E-state index contributed by atoms with van der Waals surface area (Å²) in [7, 11) is -3.85. The molecule has 0 aromatic heterocycles. The SMILES string of the molecule is Cc1cc(OCC2CO2)cc(C)c1S(=O)(=O)N(c1ccccc1)c1ccccc1. The second-order valence-electron chi connectivity index (χ2n) is 7.09. The molecular formula is C23H23NO4S. The predicted molar refractivity (Wildman–Crippen MR) is 113 cm³/mol. The molecule has 1 atom stereocenters. The molecule has 0 spiro atoms. The molecule has 150 valence electrons. The monoisotopic (exact) mass is 409 g/mol. The number of para-hydroxylation sites is 2. The number of hydrogen-bond donors (Lipinski definition) is 0. The first-order valence-electron chi connectivity index (χ1n) is 9.48. The van der Waals surface area contributed by atoms with E-state index in [1.807, 2.05) is 36.4 Å². The number of anilines is 2. The first-order chi connectivity index (χ1) is 14.0. The fraction of sp³-hybridized carbons (Fsp3) is 0.217. The Bertz CT molecular complexity index is 1030. The average molecular weight is 410 g/mol. The lowest BCUT2D eigenvalue weighted by Gasteiger charge is -2.26. The number of hydrogen-bond acceptors (Lipinski definition) is 4. The predicted octanol–water partition coefficient (Wildman–Crippen LogP) is 4.61. The van der Waals surface area contributed by atoms with E-state index in [-0.39, 0.29) is 6.10 Å². The minimum absolute atomic E-state index is 0.144. The third kappa shape index (κ3) is 4.13. The summed E-state index contributed by atoms with van der Waals surface area (Å²) < 4.78 is 40.0. The molecule has 0 bridgehead atoms. The fourth-order valence-corrected chi connectivity index (χ4v) is 5.31. The van der Waals surface area contributed by atoms with Crippen molar-refractivity contribution in [2.24, 2.45) is 0 Å². The largest absolute Gasteiger partial charge is 0.491 e. The Morgan fingerprint density at radius 3 is 1.86 bits per heavy atom. The second-order valence-corrected chi connectivity index (χ2v) is 8.82. The molecule has 4 rings (SSSR count). The van der Waals surface area contributed by atoms with Crippen LogP contribution in [0.3, 0.4) is 0 Å². The summed E-state index contributed by atoms with van der Waals surface area (Å²) in [6.45, 7) is 4.79. The molecule has 1 unspecified atom stereocenters. The van der Waals surface area contributed by atoms with Crippen LogP contribution in [0.5, 0.6) is 5.75 Å². The van der Waals surface area contributed by atoms with Crippen molar-refractivity contribution in [1.29, 1.82) is 0 Å². The Labute approximate surface area is 171 Å². The Kier molecular flexibility index (Phi) is 5.30. The van der Waals surface area contributed by atoms with Gasteiger partial charge in [0.15, 0.2) is 0 Å². The normalized spacial score (nSPS) is 15.7. The molecular weight excluding hydrogens is 386 g/mol. The summed E-state index contributed by atoms with van der Waals surface area (Å²) in [4.78, 5) is 0.292. The number of rotatable bonds is 7. The maximum atomic E-state index is 13.8. The van der Waals surface area contributed by atoms with E-state index < -0.39 is 10.0 Å². The number of ether oxygens (including phenoxy) is 2. The van der Waals surface area contributed by atoms with E-state index in [1.165, 1.54) is 4.31 Å². The first-order valence-corrected chi connectivity index (χ1v) is 10.9. The van der Waals surface area contributed by atoms with Gasteiger partial charge in [0.05, 0.1) is 22.9 Å². The van der Waals surface area contributed by atoms with Gasteiger partial charge >= 0.3 is 0 Å². The topological polar surface area (TPSA) is 59.1 Å². The van der Waals surface area contributed by atoms with Crippen molar-refractivity contribution in [3.63, 3.8) is 0 Å². The second kappa shape index (κ2) is 7.89. The highest BCUT2D eigenvalue weighted by Crippen LogP contribution is 2.36. The van der Waals surface area contributed by atoms with Gasteiger partial charge in [-0.05, 0) is 61.4 Å². The van der Waals surface area contributed by atoms with Gasteiger partial charge in [-0.1, -0.05) is 36.4 Å². The zero-order chi connectivity index (χ0) is 20.4. The van der Waals surface area contributed by atoms with Crippen LogP contribution in [0.25, 0.3) is 0 Å². The molecule has 0 aliphatic carbocycles. The van der Waals surface area contributed by atoms with E-state index in [0.717, 1.165) is 0 Å². The minimum atomic E-state index is -3.85. The van der Waals surface area contributed by atoms with Crippen LogP contribution in [0.1, 0.15) is 11.1 Å². The van der Waals surface area contributed by atoms with Gasteiger partial charge in [-0.15, -0.1) is 0 Å². The summed E-state index contributed by atoms with van der Waals surface area (Å²) in [5.74, 6) is 0.653. The van der Waals surface area contributed by atoms with Crippen LogP contribution in [0.15, 0.2) is 77.7 Å². The highest BCUT2D eigenvalue weighted by atomic mass is 32.2. The van der Waals surface area contributed by atoms with Gasteiger partial charge in [-0.25, -0.2) is 12.7 Å². The zero-order valence-electron chi connectivity index (χ0n) is 16.4. The van der Waals surface area contributed by atoms with Crippen LogP contribution in [-0.4, -0.2) is 27.7 Å². The molecule has 1 aliphatic heterocycles. The van der Waals surface area contributed by atoms with Crippen molar-refractivity contribution >= 4 is 21.4 Å². The van der Waals surface area contributed by atoms with Crippen molar-refractivity contribution in [3.8, 4) is 5.75 Å². The number of epoxide rings is 1. The summed E-state index contributed by atoms with van der Waals surface area (Å²) in [6.07, 6.45) is 0.144. The lowest BCUT2D eigenvalue weighted by Crippen LogP contribution is -2.27. The average Bonchev–Trinajstić information content (AvgIpc) is 3.52. The third-order valence-corrected chi connectivity index (χ3v) is 6.81. The van der Waals surface area contributed by atoms with Gasteiger partial charge in [0.2, 0.25) is 0 Å². The summed E-state index contributed by atoms with van der Waals surface area (Å²) in [6, 6.07) is 21.8. The van der Waals surface area contributed by atoms with Crippen LogP contribution < -0.4 is 9.04 Å². The van der Waals surface area contributed by atoms with Gasteiger partial charge in [0.25, 0.3) is 10.0 Å². The van der Waals surface area contributed by atoms with E-state index in [9.17, 15) is 8.42 Å². The number of nitrogens with zero attached hydrogens (tertiary/aromatic N) is 1. The van der Waals surface area contributed by atoms with E-state index in [0.29, 0.717) is 46.4 Å². The third-order valence-electron chi connectivity index (χ3n) is 4.75. The van der Waals surface area contributed by atoms with Crippen molar-refractivity contribution in [2.45, 2.75) is 24.8 Å². The Balaban J connectivity index is 1.78. The standard InChI is InChI=1S/C23H23NO4S/c1-17-13-21(27-15-22-16-28-22)14-18(2)23(17)29(25,26)24(19-9-5-3-6-10-19)20-11-7-4-8-12-20/h3-14,22H,15-16H2,1-2H3. The Morgan fingerprint density at radius 1 is 0.931 bits per heavy atom. The first kappa shape index (κ1) is 19.5. The Morgan fingerprint density at radius 2 is 1.41 bits per heavy atom. The molecule has 6 heteroatoms. The molecule has 0 saturated carbocycles. The lowest BCUT2D eigenvalue weighted by atomic mass is 10.1. The molecule has 1 fully saturated rings. The molecule has 0 amide bonds. The maximum Gasteiger partial charge on any atom is 0.269 e. The van der Waals surface area contributed by atoms with Crippen LogP contribution in [0, 0.1) is 13.8 Å². The number of sulfonamides is 1. The molecule has 0 N–H and O–H groups in total. The molecule has 1 saturated heterocycles. The van der Waals surface area contributed by atoms with E-state index in [1.54, 1.807) is 50.2 Å². The molecule has 1 aliphatic rings. The van der Waals surface area contributed by atoms with Crippen molar-refractivity contribution in [2.75, 3.05) is 17.5 Å². The van der Waals surface area contributed by atoms with Crippen LogP contribution in [-0.2, 0) is 14.8 Å². The van der Waals surface area contributed by atoms with Gasteiger partial charge < -0.3 is 9.47 Å². The number of aryl methyl sites for hydroxylation is 2. The highest BCUT2D eigenvalue weighted by Gasteiger charge is 2.30. The van der Waals surface area contributed by atoms with Gasteiger partial charge in [0.1, 0.15) is 18.5 Å². The summed E-state index contributed by atoms with van der Waals surface area (Å²) in [5.41, 5.74) is 2.47. The quantitative estimate of drug-likeness (QED) is 0.535. The van der Waals surface area contributed by atoms with Gasteiger partial charge in [0, 0.05) is 0 Å². The van der Waals surface area contributed by atoms with Crippen molar-refractivity contribution in [3.05, 3.63) is 83.9 Å². The van der Waals surface area contributed by atoms with Crippen molar-refractivity contribution < 1.29 is 17.9 Å². The molecule has 29 heavy (non-hydrogen) atoms. The lowest BCUT2D eigenvalue weighted by molar-refractivity contribution is 0.262. The molecule has 3 aromatic carbocycles. The molecule has 5 nitrogen and oxygen atoms in total. The molecule has 3 aromatic rings. The highest BCUT2D eigenvalue weighted by molar-refractivity contribution is 7.93. The Hall–Kier alpha value is -2.83. The van der Waals surface area contributed by atoms with Crippen LogP contribution in [0.2, 0.25) is 0 Å².